The van der Waals surface area contributed by atoms with Crippen LogP contribution < -0.4 is 10.1 Å². The number of carbonyl (C=O) groups is 1. The Hall–Kier alpha value is -1.73. The van der Waals surface area contributed by atoms with E-state index in [1.807, 2.05) is 6.26 Å². The van der Waals surface area contributed by atoms with Gasteiger partial charge in [-0.1, -0.05) is 37.2 Å². The standard InChI is InChI=1S/C18H25ClN4O2S/c1-13(2)11-23-16(21-22-18(23)26-3)5-4-10-20-17(24)12-25-15-8-6-14(19)7-9-15/h6-9,13H,4-5,10-12H2,1-3H3,(H,20,24). The van der Waals surface area contributed by atoms with Crippen LogP contribution in [0.15, 0.2) is 29.4 Å². The van der Waals surface area contributed by atoms with Crippen molar-refractivity contribution in [3.8, 4) is 5.75 Å². The first-order chi connectivity index (χ1) is 12.5. The number of hydrogen-bond donors (Lipinski definition) is 1. The topological polar surface area (TPSA) is 69.0 Å². The number of nitrogens with one attached hydrogen (secondary N) is 1. The van der Waals surface area contributed by atoms with Crippen molar-refractivity contribution in [3.05, 3.63) is 35.1 Å². The Morgan fingerprint density at radius 3 is 2.69 bits per heavy atom. The number of aryl methyl sites for hydroxylation is 1. The van der Waals surface area contributed by atoms with Gasteiger partial charge in [0.25, 0.3) is 5.91 Å². The summed E-state index contributed by atoms with van der Waals surface area (Å²) in [5.41, 5.74) is 0. The molecule has 1 amide bonds. The van der Waals surface area contributed by atoms with E-state index in [1.165, 1.54) is 0 Å². The summed E-state index contributed by atoms with van der Waals surface area (Å²) >= 11 is 7.41. The Bertz CT molecular complexity index is 704. The Kier molecular flexibility index (Phi) is 8.25. The van der Waals surface area contributed by atoms with E-state index in [9.17, 15) is 4.79 Å². The van der Waals surface area contributed by atoms with Gasteiger partial charge < -0.3 is 14.6 Å². The molecular formula is C18H25ClN4O2S. The van der Waals surface area contributed by atoms with Crippen LogP contribution in [0.25, 0.3) is 0 Å². The van der Waals surface area contributed by atoms with E-state index in [0.29, 0.717) is 23.2 Å². The van der Waals surface area contributed by atoms with Gasteiger partial charge >= 0.3 is 0 Å². The summed E-state index contributed by atoms with van der Waals surface area (Å²) in [6, 6.07) is 6.93. The molecule has 0 aliphatic rings. The van der Waals surface area contributed by atoms with Crippen molar-refractivity contribution in [1.82, 2.24) is 20.1 Å². The maximum absolute atomic E-state index is 11.9. The maximum Gasteiger partial charge on any atom is 0.257 e. The van der Waals surface area contributed by atoms with Gasteiger partial charge in [0.15, 0.2) is 11.8 Å². The van der Waals surface area contributed by atoms with Gasteiger partial charge in [-0.15, -0.1) is 10.2 Å². The number of nitrogens with zero attached hydrogens (tertiary/aromatic N) is 3. The summed E-state index contributed by atoms with van der Waals surface area (Å²) in [5, 5.41) is 13.0. The minimum atomic E-state index is -0.145. The molecule has 142 valence electrons. The predicted octanol–water partition coefficient (Wildman–Crippen LogP) is 3.44. The number of hydrogen-bond acceptors (Lipinski definition) is 5. The third-order valence-corrected chi connectivity index (χ3v) is 4.53. The van der Waals surface area contributed by atoms with E-state index in [1.54, 1.807) is 36.0 Å². The fourth-order valence-electron chi connectivity index (χ4n) is 2.41. The fourth-order valence-corrected chi connectivity index (χ4v) is 3.06. The third-order valence-electron chi connectivity index (χ3n) is 3.61. The zero-order chi connectivity index (χ0) is 18.9. The van der Waals surface area contributed by atoms with Crippen LogP contribution in [0.1, 0.15) is 26.1 Å². The van der Waals surface area contributed by atoms with E-state index in [2.05, 4.69) is 33.9 Å². The van der Waals surface area contributed by atoms with Crippen molar-refractivity contribution < 1.29 is 9.53 Å². The van der Waals surface area contributed by atoms with Gasteiger partial charge in [-0.25, -0.2) is 0 Å². The number of rotatable bonds is 10. The maximum atomic E-state index is 11.9. The average Bonchev–Trinajstić information content (AvgIpc) is 2.99. The first kappa shape index (κ1) is 20.6. The molecule has 0 fully saturated rings. The highest BCUT2D eigenvalue weighted by Gasteiger charge is 2.12. The Labute approximate surface area is 163 Å². The van der Waals surface area contributed by atoms with Crippen LogP contribution >= 0.6 is 23.4 Å². The van der Waals surface area contributed by atoms with Crippen LogP contribution in [0.2, 0.25) is 5.02 Å². The van der Waals surface area contributed by atoms with Crippen molar-refractivity contribution in [2.24, 2.45) is 5.92 Å². The monoisotopic (exact) mass is 396 g/mol. The smallest absolute Gasteiger partial charge is 0.257 e. The largest absolute Gasteiger partial charge is 0.484 e. The second-order valence-corrected chi connectivity index (χ2v) is 7.51. The highest BCUT2D eigenvalue weighted by atomic mass is 35.5. The molecule has 0 atom stereocenters. The van der Waals surface area contributed by atoms with Crippen LogP contribution in [0.3, 0.4) is 0 Å². The van der Waals surface area contributed by atoms with Gasteiger partial charge in [-0.05, 0) is 42.9 Å². The Morgan fingerprint density at radius 2 is 2.04 bits per heavy atom. The number of halogens is 1. The van der Waals surface area contributed by atoms with Crippen LogP contribution in [0.4, 0.5) is 0 Å². The molecule has 1 aromatic carbocycles. The first-order valence-corrected chi connectivity index (χ1v) is 10.2. The summed E-state index contributed by atoms with van der Waals surface area (Å²) in [6.45, 7) is 5.82. The SMILES string of the molecule is CSc1nnc(CCCNC(=O)COc2ccc(Cl)cc2)n1CC(C)C. The van der Waals surface area contributed by atoms with Gasteiger partial charge in [0.05, 0.1) is 0 Å². The number of ether oxygens (including phenoxy) is 1. The van der Waals surface area contributed by atoms with E-state index < -0.39 is 0 Å². The van der Waals surface area contributed by atoms with Gasteiger partial charge in [0.2, 0.25) is 0 Å². The summed E-state index contributed by atoms with van der Waals surface area (Å²) in [6.07, 6.45) is 3.58. The zero-order valence-corrected chi connectivity index (χ0v) is 16.9. The molecule has 0 radical (unpaired) electrons. The second-order valence-electron chi connectivity index (χ2n) is 6.30. The molecular weight excluding hydrogens is 372 g/mol. The minimum Gasteiger partial charge on any atom is -0.484 e. The molecule has 2 rings (SSSR count). The molecule has 0 saturated carbocycles. The molecule has 1 N–H and O–H groups in total. The van der Waals surface area contributed by atoms with Crippen LogP contribution in [0.5, 0.6) is 5.75 Å². The molecule has 0 unspecified atom stereocenters. The zero-order valence-electron chi connectivity index (χ0n) is 15.4. The molecule has 8 heteroatoms. The van der Waals surface area contributed by atoms with Gasteiger partial charge in [0, 0.05) is 24.5 Å². The second kappa shape index (κ2) is 10.4. The lowest BCUT2D eigenvalue weighted by Crippen LogP contribution is -2.30. The van der Waals surface area contributed by atoms with Crippen LogP contribution in [0, 0.1) is 5.92 Å². The quantitative estimate of drug-likeness (QED) is 0.492. The summed E-state index contributed by atoms with van der Waals surface area (Å²) < 4.78 is 7.59. The molecule has 0 aliphatic carbocycles. The predicted molar refractivity (Wildman–Crippen MR) is 105 cm³/mol. The number of thioether (sulfide) groups is 1. The molecule has 1 aromatic heterocycles. The molecule has 2 aromatic rings. The van der Waals surface area contributed by atoms with Crippen molar-refractivity contribution in [1.29, 1.82) is 0 Å². The van der Waals surface area contributed by atoms with E-state index >= 15 is 0 Å². The number of carbonyl (C=O) groups excluding carboxylic acids is 1. The molecule has 6 nitrogen and oxygen atoms in total. The van der Waals surface area contributed by atoms with E-state index in [4.69, 9.17) is 16.3 Å². The third kappa shape index (κ3) is 6.53. The van der Waals surface area contributed by atoms with Gasteiger partial charge in [-0.2, -0.15) is 0 Å². The van der Waals surface area contributed by atoms with Crippen LogP contribution in [-0.4, -0.2) is 40.1 Å². The summed E-state index contributed by atoms with van der Waals surface area (Å²) in [4.78, 5) is 11.9. The lowest BCUT2D eigenvalue weighted by atomic mass is 10.2. The molecule has 0 spiro atoms. The molecule has 26 heavy (non-hydrogen) atoms. The first-order valence-electron chi connectivity index (χ1n) is 8.60. The van der Waals surface area contributed by atoms with Crippen molar-refractivity contribution in [2.75, 3.05) is 19.4 Å². The van der Waals surface area contributed by atoms with Crippen molar-refractivity contribution in [2.45, 2.75) is 38.4 Å². The van der Waals surface area contributed by atoms with E-state index in [-0.39, 0.29) is 12.5 Å². The Morgan fingerprint density at radius 1 is 1.31 bits per heavy atom. The fraction of sp³-hybridized carbons (Fsp3) is 0.500. The average molecular weight is 397 g/mol. The normalized spacial score (nSPS) is 11.0. The molecule has 0 bridgehead atoms. The Balaban J connectivity index is 1.72. The van der Waals surface area contributed by atoms with Gasteiger partial charge in [0.1, 0.15) is 11.6 Å². The van der Waals surface area contributed by atoms with E-state index in [0.717, 1.165) is 30.4 Å². The molecule has 0 aliphatic heterocycles. The summed E-state index contributed by atoms with van der Waals surface area (Å²) in [5.74, 6) is 1.97. The van der Waals surface area contributed by atoms with Crippen molar-refractivity contribution >= 4 is 29.3 Å². The lowest BCUT2D eigenvalue weighted by molar-refractivity contribution is -0.123. The molecule has 0 saturated heterocycles. The van der Waals surface area contributed by atoms with Crippen LogP contribution in [-0.2, 0) is 17.8 Å². The number of amides is 1. The highest BCUT2D eigenvalue weighted by molar-refractivity contribution is 7.98. The number of aromatic nitrogens is 3. The number of benzene rings is 1. The van der Waals surface area contributed by atoms with Crippen molar-refractivity contribution in [3.63, 3.8) is 0 Å². The lowest BCUT2D eigenvalue weighted by Gasteiger charge is -2.12. The molecule has 1 heterocycles. The highest BCUT2D eigenvalue weighted by Crippen LogP contribution is 2.17. The summed E-state index contributed by atoms with van der Waals surface area (Å²) in [7, 11) is 0. The minimum absolute atomic E-state index is 0.0121. The van der Waals surface area contributed by atoms with Gasteiger partial charge in [-0.3, -0.25) is 4.79 Å².